The summed E-state index contributed by atoms with van der Waals surface area (Å²) in [5.74, 6) is 0.711. The first-order valence-corrected chi connectivity index (χ1v) is 5.74. The summed E-state index contributed by atoms with van der Waals surface area (Å²) in [6, 6.07) is 5.94. The summed E-state index contributed by atoms with van der Waals surface area (Å²) in [6.07, 6.45) is 3.95. The van der Waals surface area contributed by atoms with Crippen molar-refractivity contribution in [3.8, 4) is 0 Å². The Morgan fingerprint density at radius 3 is 2.87 bits per heavy atom. The maximum absolute atomic E-state index is 10.7. The van der Waals surface area contributed by atoms with Crippen molar-refractivity contribution in [3.63, 3.8) is 0 Å². The molecule has 80 valence electrons. The molecule has 2 N–H and O–H groups in total. The van der Waals surface area contributed by atoms with Crippen molar-refractivity contribution in [2.75, 3.05) is 11.5 Å². The van der Waals surface area contributed by atoms with E-state index < -0.39 is 0 Å². The normalized spacial score (nSPS) is 10.8. The number of rotatable bonds is 3. The molecular weight excluding hydrogens is 206 g/mol. The Morgan fingerprint density at radius 2 is 2.27 bits per heavy atom. The van der Waals surface area contributed by atoms with E-state index in [1.807, 2.05) is 37.3 Å². The lowest BCUT2D eigenvalue weighted by Crippen LogP contribution is -1.89. The van der Waals surface area contributed by atoms with Gasteiger partial charge in [-0.2, -0.15) is 0 Å². The minimum absolute atomic E-state index is 0.142. The highest BCUT2D eigenvalue weighted by Crippen LogP contribution is 2.14. The number of thioether (sulfide) groups is 1. The molecule has 0 unspecified atom stereocenters. The van der Waals surface area contributed by atoms with Gasteiger partial charge in [0.15, 0.2) is 5.12 Å². The molecule has 0 saturated carbocycles. The molecule has 1 aromatic carbocycles. The van der Waals surface area contributed by atoms with Crippen LogP contribution < -0.4 is 5.73 Å². The van der Waals surface area contributed by atoms with Gasteiger partial charge in [-0.25, -0.2) is 0 Å². The molecule has 0 amide bonds. The number of hydrogen-bond acceptors (Lipinski definition) is 3. The van der Waals surface area contributed by atoms with Crippen molar-refractivity contribution in [1.82, 2.24) is 0 Å². The Morgan fingerprint density at radius 1 is 1.53 bits per heavy atom. The lowest BCUT2D eigenvalue weighted by molar-refractivity contribution is -0.109. The standard InChI is InChI=1S/C12H15NOS/c1-9-5-6-11(8-12(9)13)4-3-7-15-10(2)14/h3-6,8H,7,13H2,1-2H3. The summed E-state index contributed by atoms with van der Waals surface area (Å²) in [5.41, 5.74) is 8.74. The largest absolute Gasteiger partial charge is 0.398 e. The predicted octanol–water partition coefficient (Wildman–Crippen LogP) is 2.87. The fraction of sp³-hybridized carbons (Fsp3) is 0.250. The van der Waals surface area contributed by atoms with Gasteiger partial charge in [-0.3, -0.25) is 4.79 Å². The molecule has 0 aliphatic carbocycles. The summed E-state index contributed by atoms with van der Waals surface area (Å²) in [4.78, 5) is 10.7. The van der Waals surface area contributed by atoms with E-state index in [1.54, 1.807) is 6.92 Å². The lowest BCUT2D eigenvalue weighted by atomic mass is 10.1. The number of carbonyl (C=O) groups is 1. The summed E-state index contributed by atoms with van der Waals surface area (Å²) in [7, 11) is 0. The first kappa shape index (κ1) is 11.9. The number of anilines is 1. The Hall–Kier alpha value is -1.22. The summed E-state index contributed by atoms with van der Waals surface area (Å²) in [6.45, 7) is 3.55. The lowest BCUT2D eigenvalue weighted by Gasteiger charge is -2.00. The van der Waals surface area contributed by atoms with E-state index in [0.29, 0.717) is 5.75 Å². The van der Waals surface area contributed by atoms with E-state index >= 15 is 0 Å². The average molecular weight is 221 g/mol. The first-order valence-electron chi connectivity index (χ1n) is 4.75. The van der Waals surface area contributed by atoms with Gasteiger partial charge >= 0.3 is 0 Å². The van der Waals surface area contributed by atoms with Gasteiger partial charge in [0.1, 0.15) is 0 Å². The second-order valence-corrected chi connectivity index (χ2v) is 4.52. The van der Waals surface area contributed by atoms with E-state index in [0.717, 1.165) is 16.8 Å². The van der Waals surface area contributed by atoms with Crippen LogP contribution in [-0.2, 0) is 4.79 Å². The molecule has 0 bridgehead atoms. The van der Waals surface area contributed by atoms with Gasteiger partial charge in [-0.1, -0.05) is 36.0 Å². The van der Waals surface area contributed by atoms with Crippen molar-refractivity contribution in [3.05, 3.63) is 35.4 Å². The molecule has 0 radical (unpaired) electrons. The third-order valence-corrected chi connectivity index (χ3v) is 2.76. The zero-order chi connectivity index (χ0) is 11.3. The number of carbonyl (C=O) groups excluding carboxylic acids is 1. The maximum Gasteiger partial charge on any atom is 0.186 e. The van der Waals surface area contributed by atoms with Gasteiger partial charge in [0, 0.05) is 18.4 Å². The second kappa shape index (κ2) is 5.61. The van der Waals surface area contributed by atoms with E-state index in [1.165, 1.54) is 11.8 Å². The number of nitrogens with two attached hydrogens (primary N) is 1. The number of nitrogen functional groups attached to an aromatic ring is 1. The summed E-state index contributed by atoms with van der Waals surface area (Å²) < 4.78 is 0. The van der Waals surface area contributed by atoms with Crippen molar-refractivity contribution in [2.45, 2.75) is 13.8 Å². The summed E-state index contributed by atoms with van der Waals surface area (Å²) >= 11 is 1.30. The van der Waals surface area contributed by atoms with Crippen LogP contribution in [0.4, 0.5) is 5.69 Å². The molecule has 1 rings (SSSR count). The second-order valence-electron chi connectivity index (χ2n) is 3.32. The minimum Gasteiger partial charge on any atom is -0.398 e. The number of hydrogen-bond donors (Lipinski definition) is 1. The quantitative estimate of drug-likeness (QED) is 0.798. The molecule has 15 heavy (non-hydrogen) atoms. The molecule has 0 fully saturated rings. The van der Waals surface area contributed by atoms with Crippen LogP contribution in [0.25, 0.3) is 6.08 Å². The Labute approximate surface area is 94.6 Å². The van der Waals surface area contributed by atoms with Crippen LogP contribution in [0.1, 0.15) is 18.1 Å². The van der Waals surface area contributed by atoms with Crippen molar-refractivity contribution in [2.24, 2.45) is 0 Å². The molecule has 0 atom stereocenters. The van der Waals surface area contributed by atoms with E-state index in [9.17, 15) is 4.79 Å². The van der Waals surface area contributed by atoms with Gasteiger partial charge < -0.3 is 5.73 Å². The van der Waals surface area contributed by atoms with E-state index in [-0.39, 0.29) is 5.12 Å². The van der Waals surface area contributed by atoms with Crippen LogP contribution in [-0.4, -0.2) is 10.9 Å². The number of benzene rings is 1. The molecule has 0 aromatic heterocycles. The maximum atomic E-state index is 10.7. The highest BCUT2D eigenvalue weighted by molar-refractivity contribution is 8.13. The number of aryl methyl sites for hydroxylation is 1. The zero-order valence-electron chi connectivity index (χ0n) is 8.99. The molecule has 1 aromatic rings. The SMILES string of the molecule is CC(=O)SCC=Cc1ccc(C)c(N)c1. The van der Waals surface area contributed by atoms with Gasteiger partial charge in [0.2, 0.25) is 0 Å². The average Bonchev–Trinajstić information content (AvgIpc) is 2.18. The zero-order valence-corrected chi connectivity index (χ0v) is 9.80. The third-order valence-electron chi connectivity index (χ3n) is 2.00. The molecule has 0 aliphatic heterocycles. The van der Waals surface area contributed by atoms with Gasteiger partial charge in [0.05, 0.1) is 0 Å². The topological polar surface area (TPSA) is 43.1 Å². The Kier molecular flexibility index (Phi) is 4.43. The molecule has 3 heteroatoms. The van der Waals surface area contributed by atoms with Crippen LogP contribution in [0.3, 0.4) is 0 Å². The molecule has 0 aliphatic rings. The first-order chi connectivity index (χ1) is 7.09. The van der Waals surface area contributed by atoms with Crippen molar-refractivity contribution in [1.29, 1.82) is 0 Å². The smallest absolute Gasteiger partial charge is 0.186 e. The van der Waals surface area contributed by atoms with E-state index in [2.05, 4.69) is 0 Å². The Bertz CT molecular complexity index is 385. The summed E-state index contributed by atoms with van der Waals surface area (Å²) in [5, 5.41) is 0.142. The van der Waals surface area contributed by atoms with Gasteiger partial charge in [-0.15, -0.1) is 0 Å². The minimum atomic E-state index is 0.142. The van der Waals surface area contributed by atoms with Crippen LogP contribution in [0.2, 0.25) is 0 Å². The molecule has 2 nitrogen and oxygen atoms in total. The molecule has 0 saturated heterocycles. The molecule has 0 heterocycles. The molecule has 0 spiro atoms. The monoisotopic (exact) mass is 221 g/mol. The van der Waals surface area contributed by atoms with Crippen LogP contribution in [0.15, 0.2) is 24.3 Å². The third kappa shape index (κ3) is 4.21. The predicted molar refractivity (Wildman–Crippen MR) is 67.8 cm³/mol. The fourth-order valence-electron chi connectivity index (χ4n) is 1.11. The molecular formula is C12H15NOS. The van der Waals surface area contributed by atoms with Crippen molar-refractivity contribution < 1.29 is 4.79 Å². The highest BCUT2D eigenvalue weighted by atomic mass is 32.2. The van der Waals surface area contributed by atoms with Gasteiger partial charge in [0.25, 0.3) is 0 Å². The highest BCUT2D eigenvalue weighted by Gasteiger charge is 1.93. The van der Waals surface area contributed by atoms with Crippen LogP contribution in [0, 0.1) is 6.92 Å². The van der Waals surface area contributed by atoms with Crippen molar-refractivity contribution >= 4 is 28.6 Å². The van der Waals surface area contributed by atoms with Crippen LogP contribution in [0.5, 0.6) is 0 Å². The van der Waals surface area contributed by atoms with E-state index in [4.69, 9.17) is 5.73 Å². The van der Waals surface area contributed by atoms with Gasteiger partial charge in [-0.05, 0) is 24.1 Å². The Balaban J connectivity index is 2.57. The van der Waals surface area contributed by atoms with Crippen LogP contribution >= 0.6 is 11.8 Å². The fourth-order valence-corrected chi connectivity index (χ4v) is 1.54.